The van der Waals surface area contributed by atoms with E-state index in [2.05, 4.69) is 4.99 Å². The maximum absolute atomic E-state index is 13.1. The van der Waals surface area contributed by atoms with E-state index in [4.69, 9.17) is 16.3 Å². The number of thiophene rings is 1. The summed E-state index contributed by atoms with van der Waals surface area (Å²) >= 11 is 9.05. The quantitative estimate of drug-likeness (QED) is 0.582. The number of ketones is 1. The van der Waals surface area contributed by atoms with Crippen molar-refractivity contribution in [2.45, 2.75) is 25.5 Å². The van der Waals surface area contributed by atoms with E-state index in [0.717, 1.165) is 4.88 Å². The molecule has 0 aliphatic carbocycles. The number of benzene rings is 1. The van der Waals surface area contributed by atoms with E-state index in [-0.39, 0.29) is 16.9 Å². The molecule has 0 saturated heterocycles. The monoisotopic (exact) mass is 434 g/mol. The summed E-state index contributed by atoms with van der Waals surface area (Å²) in [5.41, 5.74) is 0.904. The highest BCUT2D eigenvalue weighted by Crippen LogP contribution is 2.35. The van der Waals surface area contributed by atoms with Crippen LogP contribution in [0.2, 0.25) is 5.02 Å². The third-order valence-corrected chi connectivity index (χ3v) is 6.35. The zero-order chi connectivity index (χ0) is 20.3. The van der Waals surface area contributed by atoms with Crippen molar-refractivity contribution in [3.8, 4) is 5.75 Å². The van der Waals surface area contributed by atoms with Crippen molar-refractivity contribution in [3.63, 3.8) is 0 Å². The van der Waals surface area contributed by atoms with E-state index in [0.29, 0.717) is 33.7 Å². The summed E-state index contributed by atoms with van der Waals surface area (Å²) in [5, 5.41) is 2.48. The standard InChI is InChI=1S/C20H19ClN2O3S2/c1-4-17(24)12(2)28-20-22-16(11-14-6-5-9-27-14)19(25)23(20)13-7-8-18(26-3)15(21)10-13/h5-12H,4H2,1-3H3/b16-11+. The van der Waals surface area contributed by atoms with Gasteiger partial charge in [-0.2, -0.15) is 0 Å². The van der Waals surface area contributed by atoms with E-state index < -0.39 is 0 Å². The fourth-order valence-electron chi connectivity index (χ4n) is 2.62. The predicted octanol–water partition coefficient (Wildman–Crippen LogP) is 5.25. The number of hydrogen-bond donors (Lipinski definition) is 0. The van der Waals surface area contributed by atoms with Crippen molar-refractivity contribution in [2.24, 2.45) is 4.99 Å². The number of methoxy groups -OCH3 is 1. The summed E-state index contributed by atoms with van der Waals surface area (Å²) in [6.07, 6.45) is 2.19. The molecule has 2 aromatic rings. The van der Waals surface area contributed by atoms with Gasteiger partial charge in [-0.05, 0) is 42.6 Å². The van der Waals surface area contributed by atoms with Gasteiger partial charge >= 0.3 is 0 Å². The van der Waals surface area contributed by atoms with Crippen LogP contribution < -0.4 is 9.64 Å². The Morgan fingerprint density at radius 3 is 2.82 bits per heavy atom. The zero-order valence-corrected chi connectivity index (χ0v) is 18.0. The van der Waals surface area contributed by atoms with Gasteiger partial charge in [-0.15, -0.1) is 11.3 Å². The van der Waals surface area contributed by atoms with Crippen LogP contribution in [0.25, 0.3) is 6.08 Å². The minimum absolute atomic E-state index is 0.101. The van der Waals surface area contributed by atoms with E-state index in [1.165, 1.54) is 35.1 Å². The molecule has 1 aliphatic rings. The second kappa shape index (κ2) is 8.94. The molecule has 3 rings (SSSR count). The summed E-state index contributed by atoms with van der Waals surface area (Å²) in [6, 6.07) is 8.95. The number of halogens is 1. The number of carbonyl (C=O) groups is 2. The van der Waals surface area contributed by atoms with Gasteiger partial charge in [-0.25, -0.2) is 4.99 Å². The molecule has 0 fully saturated rings. The molecule has 0 spiro atoms. The largest absolute Gasteiger partial charge is 0.495 e. The first-order valence-electron chi connectivity index (χ1n) is 8.65. The fraction of sp³-hybridized carbons (Fsp3) is 0.250. The summed E-state index contributed by atoms with van der Waals surface area (Å²) in [7, 11) is 1.53. The number of hydrogen-bond acceptors (Lipinski definition) is 6. The van der Waals surface area contributed by atoms with Crippen LogP contribution in [0.4, 0.5) is 5.69 Å². The Morgan fingerprint density at radius 2 is 2.21 bits per heavy atom. The summed E-state index contributed by atoms with van der Waals surface area (Å²) in [5.74, 6) is 0.365. The van der Waals surface area contributed by atoms with Gasteiger partial charge in [0, 0.05) is 11.3 Å². The normalized spacial score (nSPS) is 16.4. The molecule has 1 aliphatic heterocycles. The maximum Gasteiger partial charge on any atom is 0.283 e. The number of Topliss-reactive ketones (excluding diaryl/α,β-unsaturated/α-hetero) is 1. The predicted molar refractivity (Wildman–Crippen MR) is 118 cm³/mol. The Morgan fingerprint density at radius 1 is 1.43 bits per heavy atom. The van der Waals surface area contributed by atoms with E-state index in [1.54, 1.807) is 24.3 Å². The van der Waals surface area contributed by atoms with Crippen molar-refractivity contribution < 1.29 is 14.3 Å². The number of nitrogens with zero attached hydrogens (tertiary/aromatic N) is 2. The first-order valence-corrected chi connectivity index (χ1v) is 10.8. The minimum atomic E-state index is -0.311. The van der Waals surface area contributed by atoms with Gasteiger partial charge in [-0.3, -0.25) is 14.5 Å². The number of ether oxygens (including phenoxy) is 1. The van der Waals surface area contributed by atoms with Crippen molar-refractivity contribution >= 4 is 63.3 Å². The lowest BCUT2D eigenvalue weighted by molar-refractivity contribution is -0.118. The number of thioether (sulfide) groups is 1. The Hall–Kier alpha value is -2.09. The molecular formula is C20H19ClN2O3S2. The van der Waals surface area contributed by atoms with Gasteiger partial charge in [-0.1, -0.05) is 36.4 Å². The summed E-state index contributed by atoms with van der Waals surface area (Å²) in [4.78, 5) is 32.1. The average molecular weight is 435 g/mol. The molecule has 1 aromatic carbocycles. The van der Waals surface area contributed by atoms with Crippen molar-refractivity contribution in [1.82, 2.24) is 0 Å². The molecule has 1 aromatic heterocycles. The molecule has 0 radical (unpaired) electrons. The van der Waals surface area contributed by atoms with Crippen molar-refractivity contribution in [1.29, 1.82) is 0 Å². The van der Waals surface area contributed by atoms with Gasteiger partial charge in [0.2, 0.25) is 0 Å². The van der Waals surface area contributed by atoms with Crippen LogP contribution in [0.15, 0.2) is 46.4 Å². The van der Waals surface area contributed by atoms with Crippen LogP contribution in [0.3, 0.4) is 0 Å². The lowest BCUT2D eigenvalue weighted by Gasteiger charge is -2.20. The second-order valence-electron chi connectivity index (χ2n) is 5.98. The molecule has 28 heavy (non-hydrogen) atoms. The smallest absolute Gasteiger partial charge is 0.283 e. The van der Waals surface area contributed by atoms with Gasteiger partial charge in [0.1, 0.15) is 17.2 Å². The second-order valence-corrected chi connectivity index (χ2v) is 8.67. The third-order valence-electron chi connectivity index (χ3n) is 4.13. The highest BCUT2D eigenvalue weighted by molar-refractivity contribution is 8.15. The Kier molecular flexibility index (Phi) is 6.59. The van der Waals surface area contributed by atoms with E-state index >= 15 is 0 Å². The lowest BCUT2D eigenvalue weighted by atomic mass is 10.2. The molecule has 2 heterocycles. The maximum atomic E-state index is 13.1. The van der Waals surface area contributed by atoms with E-state index in [9.17, 15) is 9.59 Å². The molecule has 146 valence electrons. The number of amidine groups is 1. The molecular weight excluding hydrogens is 416 g/mol. The minimum Gasteiger partial charge on any atom is -0.495 e. The van der Waals surface area contributed by atoms with Gasteiger partial charge in [0.05, 0.1) is 23.1 Å². The zero-order valence-electron chi connectivity index (χ0n) is 15.6. The number of rotatable bonds is 6. The fourth-order valence-corrected chi connectivity index (χ4v) is 4.58. The Bertz CT molecular complexity index is 954. The SMILES string of the molecule is CCC(=O)C(C)SC1=N/C(=C/c2cccs2)C(=O)N1c1ccc(OC)c(Cl)c1. The van der Waals surface area contributed by atoms with Crippen LogP contribution in [-0.2, 0) is 9.59 Å². The third kappa shape index (κ3) is 4.32. The van der Waals surface area contributed by atoms with Crippen LogP contribution in [0.1, 0.15) is 25.1 Å². The topological polar surface area (TPSA) is 59.0 Å². The van der Waals surface area contributed by atoms with Crippen molar-refractivity contribution in [3.05, 3.63) is 51.3 Å². The lowest BCUT2D eigenvalue weighted by Crippen LogP contribution is -2.32. The molecule has 8 heteroatoms. The number of aliphatic imine (C=N–C) groups is 1. The molecule has 1 atom stereocenters. The Balaban J connectivity index is 2.00. The summed E-state index contributed by atoms with van der Waals surface area (Å²) in [6.45, 7) is 3.65. The van der Waals surface area contributed by atoms with Crippen LogP contribution in [0, 0.1) is 0 Å². The highest BCUT2D eigenvalue weighted by Gasteiger charge is 2.34. The highest BCUT2D eigenvalue weighted by atomic mass is 35.5. The van der Waals surface area contributed by atoms with Gasteiger partial charge < -0.3 is 4.74 Å². The molecule has 0 bridgehead atoms. The van der Waals surface area contributed by atoms with Crippen LogP contribution in [-0.4, -0.2) is 29.2 Å². The molecule has 0 N–H and O–H groups in total. The first kappa shape index (κ1) is 20.6. The number of amides is 1. The van der Waals surface area contributed by atoms with Gasteiger partial charge in [0.15, 0.2) is 5.17 Å². The molecule has 1 unspecified atom stereocenters. The van der Waals surface area contributed by atoms with Crippen LogP contribution >= 0.6 is 34.7 Å². The molecule has 5 nitrogen and oxygen atoms in total. The van der Waals surface area contributed by atoms with Crippen LogP contribution in [0.5, 0.6) is 5.75 Å². The average Bonchev–Trinajstić information content (AvgIpc) is 3.29. The molecule has 1 amide bonds. The van der Waals surface area contributed by atoms with Crippen molar-refractivity contribution in [2.75, 3.05) is 12.0 Å². The Labute approximate surface area is 177 Å². The number of anilines is 1. The van der Waals surface area contributed by atoms with E-state index in [1.807, 2.05) is 31.4 Å². The molecule has 0 saturated carbocycles. The van der Waals surface area contributed by atoms with Gasteiger partial charge in [0.25, 0.3) is 5.91 Å². The first-order chi connectivity index (χ1) is 13.4. The summed E-state index contributed by atoms with van der Waals surface area (Å²) < 4.78 is 5.19. The number of carbonyl (C=O) groups excluding carboxylic acids is 2.